The number of fused-ring (bicyclic) bond motifs is 2. The van der Waals surface area contributed by atoms with Crippen molar-refractivity contribution in [1.82, 2.24) is 34.4 Å². The lowest BCUT2D eigenvalue weighted by molar-refractivity contribution is 0.103. The molecule has 5 aromatic rings. The summed E-state index contributed by atoms with van der Waals surface area (Å²) in [6.45, 7) is 6.29. The number of halogens is 1. The lowest BCUT2D eigenvalue weighted by Crippen LogP contribution is -2.37. The number of hydrogen-bond donors (Lipinski definition) is 2. The van der Waals surface area contributed by atoms with E-state index in [-0.39, 0.29) is 17.5 Å². The first-order valence-electron chi connectivity index (χ1n) is 14.6. The number of anilines is 1. The fourth-order valence-electron chi connectivity index (χ4n) is 6.02. The molecule has 0 bridgehead atoms. The van der Waals surface area contributed by atoms with Crippen molar-refractivity contribution in [2.24, 2.45) is 0 Å². The number of aromatic nitrogens is 6. The van der Waals surface area contributed by atoms with E-state index in [0.717, 1.165) is 74.1 Å². The molecule has 4 aromatic heterocycles. The van der Waals surface area contributed by atoms with E-state index < -0.39 is 6.17 Å². The van der Waals surface area contributed by atoms with Gasteiger partial charge < -0.3 is 14.8 Å². The number of hydrogen-bond acceptors (Lipinski definition) is 7. The Morgan fingerprint density at radius 1 is 1.05 bits per heavy atom. The summed E-state index contributed by atoms with van der Waals surface area (Å²) in [6, 6.07) is 13.3. The highest BCUT2D eigenvalue weighted by atomic mass is 19.1. The molecule has 2 N–H and O–H groups in total. The Kier molecular flexibility index (Phi) is 8.09. The number of alkyl halides is 1. The third-order valence-corrected chi connectivity index (χ3v) is 8.12. The molecule has 1 atom stereocenters. The van der Waals surface area contributed by atoms with Crippen molar-refractivity contribution >= 4 is 33.7 Å². The van der Waals surface area contributed by atoms with Gasteiger partial charge in [-0.25, -0.2) is 24.1 Å². The predicted octanol–water partition coefficient (Wildman–Crippen LogP) is 4.51. The zero-order valence-corrected chi connectivity index (χ0v) is 23.7. The molecule has 7 rings (SSSR count). The zero-order valence-electron chi connectivity index (χ0n) is 23.7. The van der Waals surface area contributed by atoms with Gasteiger partial charge >= 0.3 is 5.69 Å². The largest absolute Gasteiger partial charge is 0.360 e. The number of ketones is 1. The number of carbonyl (C=O) groups excluding carboxylic acids is 1. The number of likely N-dealkylation sites (tertiary alicyclic amines) is 1. The normalized spacial score (nSPS) is 18.0. The molecule has 218 valence electrons. The van der Waals surface area contributed by atoms with Crippen LogP contribution in [0.25, 0.3) is 22.1 Å². The SMILES string of the molecule is CCCN1CCC(F)C1.O=C(c1cc(N2CCC(n3c(=O)[nH]c4ncccc43)CC2)ncn1)c1c[nH]c2ccccc12. The van der Waals surface area contributed by atoms with Gasteiger partial charge in [0.1, 0.15) is 24.0 Å². The average Bonchev–Trinajstić information content (AvgIpc) is 3.73. The first-order chi connectivity index (χ1) is 20.5. The number of nitrogens with zero attached hydrogens (tertiary/aromatic N) is 6. The molecule has 0 aliphatic carbocycles. The number of para-hydroxylation sites is 1. The van der Waals surface area contributed by atoms with Crippen molar-refractivity contribution in [3.63, 3.8) is 0 Å². The van der Waals surface area contributed by atoms with Gasteiger partial charge in [-0.3, -0.25) is 14.3 Å². The number of rotatable bonds is 6. The third kappa shape index (κ3) is 5.69. The molecular formula is C31H35FN8O2. The molecule has 42 heavy (non-hydrogen) atoms. The van der Waals surface area contributed by atoms with Crippen LogP contribution in [0, 0.1) is 0 Å². The van der Waals surface area contributed by atoms with E-state index in [0.29, 0.717) is 23.4 Å². The van der Waals surface area contributed by atoms with Crippen LogP contribution in [0.4, 0.5) is 10.2 Å². The van der Waals surface area contributed by atoms with Crippen LogP contribution in [0.5, 0.6) is 0 Å². The molecule has 0 radical (unpaired) electrons. The standard InChI is InChI=1S/C24H21N7O2.C7H14FN/c32-22(17-13-26-18-5-2-1-4-16(17)18)19-12-21(28-14-27-19)30-10-7-15(8-11-30)31-20-6-3-9-25-23(20)29-24(31)33;1-2-4-9-5-3-7(8)6-9/h1-6,9,12-15,26H,7-8,10-11H2,(H,25,29,33);7H,2-6H2,1H3. The second kappa shape index (κ2) is 12.2. The van der Waals surface area contributed by atoms with Crippen LogP contribution in [0.2, 0.25) is 0 Å². The molecule has 2 fully saturated rings. The molecule has 0 amide bonds. The van der Waals surface area contributed by atoms with Gasteiger partial charge in [-0.2, -0.15) is 0 Å². The van der Waals surface area contributed by atoms with Gasteiger partial charge in [-0.15, -0.1) is 0 Å². The van der Waals surface area contributed by atoms with Gasteiger partial charge in [0, 0.05) is 67.1 Å². The fourth-order valence-corrected chi connectivity index (χ4v) is 6.02. The smallest absolute Gasteiger partial charge is 0.327 e. The van der Waals surface area contributed by atoms with Crippen molar-refractivity contribution < 1.29 is 9.18 Å². The van der Waals surface area contributed by atoms with Gasteiger partial charge in [0.05, 0.1) is 5.52 Å². The van der Waals surface area contributed by atoms with Crippen LogP contribution in [0.15, 0.2) is 66.0 Å². The van der Waals surface area contributed by atoms with E-state index in [4.69, 9.17) is 0 Å². The molecule has 2 saturated heterocycles. The summed E-state index contributed by atoms with van der Waals surface area (Å²) in [7, 11) is 0. The van der Waals surface area contributed by atoms with Crippen molar-refractivity contribution in [3.05, 3.63) is 82.9 Å². The van der Waals surface area contributed by atoms with Gasteiger partial charge in [-0.05, 0) is 50.4 Å². The maximum atomic E-state index is 13.1. The molecule has 2 aliphatic rings. The Bertz CT molecular complexity index is 1730. The van der Waals surface area contributed by atoms with Crippen molar-refractivity contribution in [3.8, 4) is 0 Å². The summed E-state index contributed by atoms with van der Waals surface area (Å²) in [5.41, 5.74) is 3.19. The van der Waals surface area contributed by atoms with Crippen molar-refractivity contribution in [1.29, 1.82) is 0 Å². The van der Waals surface area contributed by atoms with Gasteiger partial charge in [0.25, 0.3) is 0 Å². The maximum Gasteiger partial charge on any atom is 0.327 e. The number of imidazole rings is 1. The highest BCUT2D eigenvalue weighted by Crippen LogP contribution is 2.27. The second-order valence-corrected chi connectivity index (χ2v) is 10.9. The van der Waals surface area contributed by atoms with E-state index in [2.05, 4.69) is 41.6 Å². The summed E-state index contributed by atoms with van der Waals surface area (Å²) >= 11 is 0. The summed E-state index contributed by atoms with van der Waals surface area (Å²) in [6.07, 6.45) is 7.78. The molecule has 0 saturated carbocycles. The molecule has 2 aliphatic heterocycles. The summed E-state index contributed by atoms with van der Waals surface area (Å²) < 4.78 is 14.3. The monoisotopic (exact) mass is 570 g/mol. The highest BCUT2D eigenvalue weighted by Gasteiger charge is 2.25. The summed E-state index contributed by atoms with van der Waals surface area (Å²) in [5.74, 6) is 0.586. The first-order valence-corrected chi connectivity index (χ1v) is 14.6. The maximum absolute atomic E-state index is 13.1. The number of carbonyl (C=O) groups is 1. The van der Waals surface area contributed by atoms with Crippen LogP contribution in [0.1, 0.15) is 54.7 Å². The fraction of sp³-hybridized carbons (Fsp3) is 0.387. The van der Waals surface area contributed by atoms with E-state index >= 15 is 0 Å². The lowest BCUT2D eigenvalue weighted by atomic mass is 10.0. The lowest BCUT2D eigenvalue weighted by Gasteiger charge is -2.33. The Balaban J connectivity index is 0.000000302. The minimum atomic E-state index is -0.545. The molecular weight excluding hydrogens is 535 g/mol. The predicted molar refractivity (Wildman–Crippen MR) is 161 cm³/mol. The van der Waals surface area contributed by atoms with Crippen molar-refractivity contribution in [2.75, 3.05) is 37.6 Å². The zero-order chi connectivity index (χ0) is 29.1. The molecule has 1 aromatic carbocycles. The van der Waals surface area contributed by atoms with E-state index in [1.807, 2.05) is 41.0 Å². The van der Waals surface area contributed by atoms with E-state index in [9.17, 15) is 14.0 Å². The number of H-pyrrole nitrogens is 2. The second-order valence-electron chi connectivity index (χ2n) is 10.9. The summed E-state index contributed by atoms with van der Waals surface area (Å²) in [5, 5.41) is 0.877. The Morgan fingerprint density at radius 2 is 1.88 bits per heavy atom. The first kappa shape index (κ1) is 27.8. The Morgan fingerprint density at radius 3 is 2.67 bits per heavy atom. The molecule has 10 nitrogen and oxygen atoms in total. The van der Waals surface area contributed by atoms with Crippen LogP contribution in [0.3, 0.4) is 0 Å². The third-order valence-electron chi connectivity index (χ3n) is 8.12. The highest BCUT2D eigenvalue weighted by molar-refractivity contribution is 6.15. The topological polar surface area (TPSA) is 116 Å². The molecule has 0 spiro atoms. The number of benzene rings is 1. The van der Waals surface area contributed by atoms with Gasteiger partial charge in [0.15, 0.2) is 5.65 Å². The van der Waals surface area contributed by atoms with Gasteiger partial charge in [0.2, 0.25) is 5.78 Å². The molecule has 6 heterocycles. The van der Waals surface area contributed by atoms with Crippen LogP contribution in [-0.2, 0) is 0 Å². The van der Waals surface area contributed by atoms with E-state index in [1.165, 1.54) is 6.33 Å². The van der Waals surface area contributed by atoms with Crippen LogP contribution < -0.4 is 10.6 Å². The molecule has 11 heteroatoms. The quantitative estimate of drug-likeness (QED) is 0.289. The minimum Gasteiger partial charge on any atom is -0.360 e. The van der Waals surface area contributed by atoms with Crippen LogP contribution >= 0.6 is 0 Å². The Labute approximate surface area is 242 Å². The number of nitrogens with one attached hydrogen (secondary N) is 2. The Hall–Kier alpha value is -4.38. The summed E-state index contributed by atoms with van der Waals surface area (Å²) in [4.78, 5) is 48.9. The number of pyridine rings is 1. The number of aromatic amines is 2. The van der Waals surface area contributed by atoms with Crippen LogP contribution in [-0.4, -0.2) is 79.1 Å². The van der Waals surface area contributed by atoms with E-state index in [1.54, 1.807) is 18.5 Å². The minimum absolute atomic E-state index is 0.0841. The van der Waals surface area contributed by atoms with Crippen molar-refractivity contribution in [2.45, 2.75) is 44.8 Å². The molecule has 1 unspecified atom stereocenters. The average molecular weight is 571 g/mol. The number of piperidine rings is 1. The van der Waals surface area contributed by atoms with Gasteiger partial charge in [-0.1, -0.05) is 25.1 Å².